The molecule has 3 heterocycles. The minimum absolute atomic E-state index is 0.340. The summed E-state index contributed by atoms with van der Waals surface area (Å²) in [6.07, 6.45) is 4.61. The molecule has 0 radical (unpaired) electrons. The lowest BCUT2D eigenvalue weighted by Crippen LogP contribution is -2.37. The van der Waals surface area contributed by atoms with E-state index in [1.807, 2.05) is 22.8 Å². The average Bonchev–Trinajstić information content (AvgIpc) is 3.26. The average molecular weight is 350 g/mol. The Morgan fingerprint density at radius 3 is 2.88 bits per heavy atom. The molecule has 1 fully saturated rings. The summed E-state index contributed by atoms with van der Waals surface area (Å²) in [5.41, 5.74) is 3.01. The van der Waals surface area contributed by atoms with E-state index in [2.05, 4.69) is 27.4 Å². The molecule has 1 atom stereocenters. The van der Waals surface area contributed by atoms with E-state index < -0.39 is 12.0 Å². The summed E-state index contributed by atoms with van der Waals surface area (Å²) in [7, 11) is 0. The number of aryl methyl sites for hydroxylation is 2. The third-order valence-corrected chi connectivity index (χ3v) is 4.44. The molecule has 0 saturated carbocycles. The van der Waals surface area contributed by atoms with Gasteiger partial charge < -0.3 is 14.6 Å². The van der Waals surface area contributed by atoms with Crippen molar-refractivity contribution in [2.24, 2.45) is 0 Å². The quantitative estimate of drug-likeness (QED) is 0.708. The van der Waals surface area contributed by atoms with E-state index in [-0.39, 0.29) is 5.91 Å². The number of hydrogen-bond donors (Lipinski definition) is 1. The molecule has 0 aliphatic carbocycles. The number of nitrogens with zero attached hydrogens (tertiary/aromatic N) is 3. The summed E-state index contributed by atoms with van der Waals surface area (Å²) < 4.78 is 6.82. The van der Waals surface area contributed by atoms with Crippen molar-refractivity contribution in [1.29, 1.82) is 0 Å². The monoisotopic (exact) mass is 350 g/mol. The van der Waals surface area contributed by atoms with Gasteiger partial charge in [-0.1, -0.05) is 30.3 Å². The van der Waals surface area contributed by atoms with Crippen molar-refractivity contribution < 1.29 is 14.3 Å². The molecular weight excluding hydrogens is 332 g/mol. The zero-order valence-corrected chi connectivity index (χ0v) is 14.1. The smallest absolute Gasteiger partial charge is 0.328 e. The van der Waals surface area contributed by atoms with Crippen molar-refractivity contribution >= 4 is 23.0 Å². The van der Waals surface area contributed by atoms with E-state index in [0.717, 1.165) is 18.6 Å². The predicted molar refractivity (Wildman–Crippen MR) is 94.5 cm³/mol. The number of cyclic esters (lactones) is 1. The van der Waals surface area contributed by atoms with E-state index in [9.17, 15) is 9.59 Å². The van der Waals surface area contributed by atoms with Crippen LogP contribution in [-0.2, 0) is 22.5 Å². The van der Waals surface area contributed by atoms with Gasteiger partial charge in [-0.25, -0.2) is 14.8 Å². The molecule has 1 aromatic carbocycles. The summed E-state index contributed by atoms with van der Waals surface area (Å²) in [6.45, 7) is 1.10. The van der Waals surface area contributed by atoms with Crippen molar-refractivity contribution in [3.05, 3.63) is 60.0 Å². The van der Waals surface area contributed by atoms with Gasteiger partial charge in [0.1, 0.15) is 11.6 Å². The van der Waals surface area contributed by atoms with Gasteiger partial charge in [-0.05, 0) is 18.1 Å². The SMILES string of the molecule is O=C(NC1CCOC1=O)c1cnc2c(c1)ncn2CCc1ccccc1. The Balaban J connectivity index is 1.48. The number of carbonyl (C=O) groups excluding carboxylic acids is 2. The number of aromatic nitrogens is 3. The fraction of sp³-hybridized carbons (Fsp3) is 0.263. The van der Waals surface area contributed by atoms with Gasteiger partial charge in [-0.15, -0.1) is 0 Å². The molecule has 0 spiro atoms. The highest BCUT2D eigenvalue weighted by molar-refractivity contribution is 5.98. The zero-order valence-electron chi connectivity index (χ0n) is 14.1. The van der Waals surface area contributed by atoms with Gasteiger partial charge >= 0.3 is 5.97 Å². The van der Waals surface area contributed by atoms with Gasteiger partial charge in [0, 0.05) is 19.2 Å². The Bertz CT molecular complexity index is 952. The standard InChI is InChI=1S/C19H18N4O3/c24-18(22-15-7-9-26-19(15)25)14-10-16-17(20-11-14)23(12-21-16)8-6-13-4-2-1-3-5-13/h1-5,10-12,15H,6-9H2,(H,22,24). The molecule has 0 bridgehead atoms. The predicted octanol–water partition coefficient (Wildman–Crippen LogP) is 1.72. The zero-order chi connectivity index (χ0) is 17.9. The molecule has 132 valence electrons. The summed E-state index contributed by atoms with van der Waals surface area (Å²) in [5.74, 6) is -0.736. The first kappa shape index (κ1) is 16.3. The highest BCUT2D eigenvalue weighted by Gasteiger charge is 2.28. The summed E-state index contributed by atoms with van der Waals surface area (Å²) in [5, 5.41) is 2.68. The van der Waals surface area contributed by atoms with Gasteiger partial charge in [-0.2, -0.15) is 0 Å². The van der Waals surface area contributed by atoms with Gasteiger partial charge in [0.05, 0.1) is 18.5 Å². The second kappa shape index (κ2) is 6.95. The molecule has 1 unspecified atom stereocenters. The van der Waals surface area contributed by atoms with Crippen molar-refractivity contribution in [3.63, 3.8) is 0 Å². The van der Waals surface area contributed by atoms with E-state index in [0.29, 0.717) is 24.1 Å². The first-order chi connectivity index (χ1) is 12.7. The summed E-state index contributed by atoms with van der Waals surface area (Å²) in [4.78, 5) is 32.5. The molecule has 3 aromatic rings. The van der Waals surface area contributed by atoms with Gasteiger partial charge in [0.25, 0.3) is 5.91 Å². The van der Waals surface area contributed by atoms with Gasteiger partial charge in [0.15, 0.2) is 5.65 Å². The number of fused-ring (bicyclic) bond motifs is 1. The molecule has 1 N–H and O–H groups in total. The molecule has 2 aromatic heterocycles. The van der Waals surface area contributed by atoms with Crippen LogP contribution in [0.15, 0.2) is 48.9 Å². The number of carbonyl (C=O) groups is 2. The van der Waals surface area contributed by atoms with Crippen LogP contribution in [0.2, 0.25) is 0 Å². The lowest BCUT2D eigenvalue weighted by Gasteiger charge is -2.08. The van der Waals surface area contributed by atoms with Crippen LogP contribution < -0.4 is 5.32 Å². The van der Waals surface area contributed by atoms with E-state index >= 15 is 0 Å². The molecule has 1 aliphatic heterocycles. The number of amides is 1. The minimum Gasteiger partial charge on any atom is -0.464 e. The molecule has 4 rings (SSSR count). The van der Waals surface area contributed by atoms with Crippen molar-refractivity contribution in [1.82, 2.24) is 19.9 Å². The van der Waals surface area contributed by atoms with Crippen molar-refractivity contribution in [3.8, 4) is 0 Å². The van der Waals surface area contributed by atoms with Crippen LogP contribution in [0.5, 0.6) is 0 Å². The molecule has 1 saturated heterocycles. The Hall–Kier alpha value is -3.22. The maximum absolute atomic E-state index is 12.3. The van der Waals surface area contributed by atoms with Crippen LogP contribution in [0.25, 0.3) is 11.2 Å². The summed E-state index contributed by atoms with van der Waals surface area (Å²) in [6, 6.07) is 11.3. The fourth-order valence-corrected chi connectivity index (χ4v) is 3.00. The fourth-order valence-electron chi connectivity index (χ4n) is 3.00. The molecule has 7 heteroatoms. The summed E-state index contributed by atoms with van der Waals surface area (Å²) >= 11 is 0. The Morgan fingerprint density at radius 2 is 2.12 bits per heavy atom. The van der Waals surface area contributed by atoms with Crippen molar-refractivity contribution in [2.75, 3.05) is 6.61 Å². The molecule has 26 heavy (non-hydrogen) atoms. The molecule has 1 aliphatic rings. The number of imidazole rings is 1. The van der Waals surface area contributed by atoms with E-state index in [1.54, 1.807) is 12.4 Å². The van der Waals surface area contributed by atoms with E-state index in [1.165, 1.54) is 11.8 Å². The van der Waals surface area contributed by atoms with Crippen LogP contribution in [0.3, 0.4) is 0 Å². The van der Waals surface area contributed by atoms with Gasteiger partial charge in [-0.3, -0.25) is 4.79 Å². The normalized spacial score (nSPS) is 16.6. The number of ether oxygens (including phenoxy) is 1. The number of rotatable bonds is 5. The lowest BCUT2D eigenvalue weighted by atomic mass is 10.1. The Kier molecular flexibility index (Phi) is 4.35. The third kappa shape index (κ3) is 3.28. The highest BCUT2D eigenvalue weighted by Crippen LogP contribution is 2.14. The first-order valence-electron chi connectivity index (χ1n) is 8.53. The second-order valence-corrected chi connectivity index (χ2v) is 6.22. The van der Waals surface area contributed by atoms with Crippen LogP contribution >= 0.6 is 0 Å². The first-order valence-corrected chi connectivity index (χ1v) is 8.53. The number of hydrogen-bond acceptors (Lipinski definition) is 5. The topological polar surface area (TPSA) is 86.1 Å². The van der Waals surface area contributed by atoms with Crippen LogP contribution in [0.1, 0.15) is 22.3 Å². The molecule has 1 amide bonds. The number of nitrogens with one attached hydrogen (secondary N) is 1. The minimum atomic E-state index is -0.582. The third-order valence-electron chi connectivity index (χ3n) is 4.44. The van der Waals surface area contributed by atoms with Gasteiger partial charge in [0.2, 0.25) is 0 Å². The largest absolute Gasteiger partial charge is 0.464 e. The molecule has 7 nitrogen and oxygen atoms in total. The van der Waals surface area contributed by atoms with Crippen molar-refractivity contribution in [2.45, 2.75) is 25.4 Å². The maximum Gasteiger partial charge on any atom is 0.328 e. The van der Waals surface area contributed by atoms with Crippen LogP contribution in [-0.4, -0.2) is 39.1 Å². The Labute approximate surface area is 150 Å². The second-order valence-electron chi connectivity index (χ2n) is 6.22. The van der Waals surface area contributed by atoms with E-state index in [4.69, 9.17) is 4.74 Å². The Morgan fingerprint density at radius 1 is 1.27 bits per heavy atom. The number of pyridine rings is 1. The van der Waals surface area contributed by atoms with Crippen LogP contribution in [0.4, 0.5) is 0 Å². The lowest BCUT2D eigenvalue weighted by molar-refractivity contribution is -0.139. The highest BCUT2D eigenvalue weighted by atomic mass is 16.5. The van der Waals surface area contributed by atoms with Crippen LogP contribution in [0, 0.1) is 0 Å². The maximum atomic E-state index is 12.3. The molecular formula is C19H18N4O3. The number of benzene rings is 1. The number of esters is 1.